The van der Waals surface area contributed by atoms with Crippen LogP contribution in [0.2, 0.25) is 0 Å². The minimum Gasteiger partial charge on any atom is -0.344 e. The van der Waals surface area contributed by atoms with Gasteiger partial charge in [-0.15, -0.1) is 0 Å². The zero-order valence-corrected chi connectivity index (χ0v) is 19.8. The molecule has 8 heteroatoms. The van der Waals surface area contributed by atoms with E-state index >= 15 is 0 Å². The van der Waals surface area contributed by atoms with E-state index in [4.69, 9.17) is 0 Å². The summed E-state index contributed by atoms with van der Waals surface area (Å²) in [5.74, 6) is -3.09. The molecule has 0 heterocycles. The van der Waals surface area contributed by atoms with Gasteiger partial charge in [0.15, 0.2) is 0 Å². The van der Waals surface area contributed by atoms with Gasteiger partial charge in [-0.05, 0) is 24.3 Å². The number of carbonyl (C=O) groups excluding carboxylic acids is 3. The predicted octanol–water partition coefficient (Wildman–Crippen LogP) is 5.13. The molecule has 1 aromatic rings. The summed E-state index contributed by atoms with van der Waals surface area (Å²) in [6.45, 7) is 5.82. The van der Waals surface area contributed by atoms with Crippen LogP contribution < -0.4 is 10.6 Å². The molecule has 0 aliphatic carbocycles. The van der Waals surface area contributed by atoms with E-state index in [0.717, 1.165) is 32.1 Å². The lowest BCUT2D eigenvalue weighted by molar-refractivity contribution is -0.173. The van der Waals surface area contributed by atoms with Crippen molar-refractivity contribution in [2.24, 2.45) is 5.92 Å². The number of halogens is 3. The molecule has 0 saturated carbocycles. The van der Waals surface area contributed by atoms with Crippen LogP contribution in [0.3, 0.4) is 0 Å². The third-order valence-corrected chi connectivity index (χ3v) is 5.31. The number of ketones is 1. The van der Waals surface area contributed by atoms with Gasteiger partial charge < -0.3 is 10.6 Å². The monoisotopic (exact) mass is 470 g/mol. The molecule has 186 valence electrons. The topological polar surface area (TPSA) is 75.3 Å². The van der Waals surface area contributed by atoms with Crippen molar-refractivity contribution < 1.29 is 27.6 Å². The lowest BCUT2D eigenvalue weighted by Crippen LogP contribution is -2.54. The SMILES string of the molecule is CCCCCCCCC(=O)N[C@@H](CC(C)C)C(=O)NC(Cc1ccccc1)C(=O)C(F)(F)F. The van der Waals surface area contributed by atoms with E-state index in [1.807, 2.05) is 13.8 Å². The Kier molecular flexibility index (Phi) is 12.8. The number of nitrogens with one attached hydrogen (secondary N) is 2. The summed E-state index contributed by atoms with van der Waals surface area (Å²) in [6, 6.07) is 5.43. The lowest BCUT2D eigenvalue weighted by atomic mass is 9.99. The molecule has 33 heavy (non-hydrogen) atoms. The van der Waals surface area contributed by atoms with E-state index in [1.54, 1.807) is 30.3 Å². The van der Waals surface area contributed by atoms with Crippen molar-refractivity contribution in [1.29, 1.82) is 0 Å². The summed E-state index contributed by atoms with van der Waals surface area (Å²) < 4.78 is 39.5. The Hall–Kier alpha value is -2.38. The van der Waals surface area contributed by atoms with Crippen LogP contribution >= 0.6 is 0 Å². The maximum Gasteiger partial charge on any atom is 0.452 e. The van der Waals surface area contributed by atoms with Gasteiger partial charge in [0.25, 0.3) is 5.78 Å². The van der Waals surface area contributed by atoms with Gasteiger partial charge in [-0.3, -0.25) is 14.4 Å². The largest absolute Gasteiger partial charge is 0.452 e. The quantitative estimate of drug-likeness (QED) is 0.349. The molecular formula is C25H37F3N2O3. The van der Waals surface area contributed by atoms with Crippen molar-refractivity contribution >= 4 is 17.6 Å². The minimum atomic E-state index is -5.08. The third-order valence-electron chi connectivity index (χ3n) is 5.31. The highest BCUT2D eigenvalue weighted by molar-refractivity contribution is 5.95. The normalized spacial score (nSPS) is 13.4. The van der Waals surface area contributed by atoms with Gasteiger partial charge in [0.2, 0.25) is 11.8 Å². The first-order chi connectivity index (χ1) is 15.5. The molecule has 2 atom stereocenters. The molecule has 0 saturated heterocycles. The Morgan fingerprint density at radius 3 is 2.06 bits per heavy atom. The van der Waals surface area contributed by atoms with E-state index < -0.39 is 30.0 Å². The van der Waals surface area contributed by atoms with Crippen LogP contribution in [-0.4, -0.2) is 35.9 Å². The second-order valence-electron chi connectivity index (χ2n) is 8.88. The van der Waals surface area contributed by atoms with Gasteiger partial charge in [-0.1, -0.05) is 83.2 Å². The van der Waals surface area contributed by atoms with Crippen LogP contribution in [0, 0.1) is 5.92 Å². The molecule has 2 N–H and O–H groups in total. The smallest absolute Gasteiger partial charge is 0.344 e. The Labute approximate surface area is 194 Å². The maximum atomic E-state index is 13.2. The van der Waals surface area contributed by atoms with Gasteiger partial charge in [0.05, 0.1) is 0 Å². The lowest BCUT2D eigenvalue weighted by Gasteiger charge is -2.24. The van der Waals surface area contributed by atoms with Crippen LogP contribution in [-0.2, 0) is 20.8 Å². The number of hydrogen-bond donors (Lipinski definition) is 2. The molecule has 0 aromatic heterocycles. The van der Waals surface area contributed by atoms with Crippen molar-refractivity contribution in [2.75, 3.05) is 0 Å². The highest BCUT2D eigenvalue weighted by Gasteiger charge is 2.44. The number of carbonyl (C=O) groups is 3. The molecule has 0 aliphatic rings. The van der Waals surface area contributed by atoms with E-state index in [9.17, 15) is 27.6 Å². The Bertz CT molecular complexity index is 736. The number of hydrogen-bond acceptors (Lipinski definition) is 3. The second-order valence-corrected chi connectivity index (χ2v) is 8.88. The van der Waals surface area contributed by atoms with Crippen LogP contribution in [0.1, 0.15) is 77.7 Å². The molecular weight excluding hydrogens is 433 g/mol. The van der Waals surface area contributed by atoms with Gasteiger partial charge in [0, 0.05) is 12.8 Å². The second kappa shape index (κ2) is 14.7. The molecule has 5 nitrogen and oxygen atoms in total. The van der Waals surface area contributed by atoms with E-state index in [-0.39, 0.29) is 31.1 Å². The molecule has 1 rings (SSSR count). The number of rotatable bonds is 15. The number of Topliss-reactive ketones (excluding diaryl/α,β-unsaturated/α-hetero) is 1. The highest BCUT2D eigenvalue weighted by atomic mass is 19.4. The molecule has 0 bridgehead atoms. The van der Waals surface area contributed by atoms with Crippen molar-refractivity contribution in [3.8, 4) is 0 Å². The first-order valence-electron chi connectivity index (χ1n) is 11.8. The number of unbranched alkanes of at least 4 members (excludes halogenated alkanes) is 5. The van der Waals surface area contributed by atoms with Crippen molar-refractivity contribution in [2.45, 2.75) is 96.8 Å². The molecule has 0 radical (unpaired) electrons. The van der Waals surface area contributed by atoms with Crippen molar-refractivity contribution in [3.63, 3.8) is 0 Å². The van der Waals surface area contributed by atoms with Gasteiger partial charge >= 0.3 is 6.18 Å². The summed E-state index contributed by atoms with van der Waals surface area (Å²) in [5.41, 5.74) is 0.493. The van der Waals surface area contributed by atoms with Crippen molar-refractivity contribution in [1.82, 2.24) is 10.6 Å². The summed E-state index contributed by atoms with van der Waals surface area (Å²) in [5, 5.41) is 4.90. The number of amides is 2. The van der Waals surface area contributed by atoms with Crippen LogP contribution in [0.15, 0.2) is 30.3 Å². The van der Waals surface area contributed by atoms with Gasteiger partial charge in [0.1, 0.15) is 12.1 Å². The standard InChI is InChI=1S/C25H37F3N2O3/c1-4-5-6-7-8-12-15-22(31)29-21(16-18(2)3)24(33)30-20(23(32)25(26,27)28)17-19-13-10-9-11-14-19/h9-11,13-14,18,20-21H,4-8,12,15-17H2,1-3H3,(H,29,31)(H,30,33)/t20?,21-/m0/s1. The zero-order chi connectivity index (χ0) is 24.9. The Morgan fingerprint density at radius 2 is 1.48 bits per heavy atom. The molecule has 1 aromatic carbocycles. The molecule has 0 spiro atoms. The predicted molar refractivity (Wildman–Crippen MR) is 123 cm³/mol. The molecule has 2 amide bonds. The first-order valence-corrected chi connectivity index (χ1v) is 11.8. The molecule has 0 aliphatic heterocycles. The van der Waals surface area contributed by atoms with E-state index in [0.29, 0.717) is 12.0 Å². The van der Waals surface area contributed by atoms with E-state index in [2.05, 4.69) is 17.6 Å². The zero-order valence-electron chi connectivity index (χ0n) is 19.8. The highest BCUT2D eigenvalue weighted by Crippen LogP contribution is 2.20. The average Bonchev–Trinajstić information content (AvgIpc) is 2.74. The fourth-order valence-corrected chi connectivity index (χ4v) is 3.56. The number of benzene rings is 1. The van der Waals surface area contributed by atoms with Crippen LogP contribution in [0.5, 0.6) is 0 Å². The summed E-state index contributed by atoms with van der Waals surface area (Å²) >= 11 is 0. The third kappa shape index (κ3) is 11.9. The summed E-state index contributed by atoms with van der Waals surface area (Å²) in [7, 11) is 0. The van der Waals surface area contributed by atoms with Crippen LogP contribution in [0.4, 0.5) is 13.2 Å². The van der Waals surface area contributed by atoms with Gasteiger partial charge in [-0.2, -0.15) is 13.2 Å². The average molecular weight is 471 g/mol. The summed E-state index contributed by atoms with van der Waals surface area (Å²) in [6.07, 6.45) is 1.19. The fraction of sp³-hybridized carbons (Fsp3) is 0.640. The fourth-order valence-electron chi connectivity index (χ4n) is 3.56. The maximum absolute atomic E-state index is 13.2. The minimum absolute atomic E-state index is 0.0148. The van der Waals surface area contributed by atoms with Crippen molar-refractivity contribution in [3.05, 3.63) is 35.9 Å². The van der Waals surface area contributed by atoms with Crippen LogP contribution in [0.25, 0.3) is 0 Å². The van der Waals surface area contributed by atoms with E-state index in [1.165, 1.54) is 0 Å². The molecule has 1 unspecified atom stereocenters. The Balaban J connectivity index is 2.80. The summed E-state index contributed by atoms with van der Waals surface area (Å²) in [4.78, 5) is 37.2. The molecule has 0 fully saturated rings. The Morgan fingerprint density at radius 1 is 0.879 bits per heavy atom. The first kappa shape index (κ1) is 28.7. The van der Waals surface area contributed by atoms with Gasteiger partial charge in [-0.25, -0.2) is 0 Å². The number of alkyl halides is 3.